The van der Waals surface area contributed by atoms with E-state index in [1.54, 1.807) is 0 Å². The van der Waals surface area contributed by atoms with Gasteiger partial charge in [0.1, 0.15) is 11.9 Å². The molecule has 2 aromatic rings. The van der Waals surface area contributed by atoms with Gasteiger partial charge in [0.15, 0.2) is 23.5 Å². The van der Waals surface area contributed by atoms with E-state index in [1.807, 2.05) is 12.1 Å². The number of rotatable bonds is 7. The SMILES string of the molecule is CC(=O)[C@@H]1OC(=O)N(C(=O)NCCCN2CCC(c3ccc(F)cc3)CC2)[C@H]1c1ccc(F)c(F)c1. The van der Waals surface area contributed by atoms with Crippen LogP contribution in [0.25, 0.3) is 0 Å². The third kappa shape index (κ3) is 5.70. The molecule has 4 rings (SSSR count). The smallest absolute Gasteiger partial charge is 0.419 e. The summed E-state index contributed by atoms with van der Waals surface area (Å²) in [6, 6.07) is 7.61. The van der Waals surface area contributed by atoms with Crippen molar-refractivity contribution in [1.82, 2.24) is 15.1 Å². The number of ketones is 1. The highest BCUT2D eigenvalue weighted by molar-refractivity contribution is 5.97. The second kappa shape index (κ2) is 11.1. The number of ether oxygens (including phenoxy) is 1. The lowest BCUT2D eigenvalue weighted by Crippen LogP contribution is -2.44. The second-order valence-electron chi connectivity index (χ2n) is 9.16. The van der Waals surface area contributed by atoms with Crippen LogP contribution < -0.4 is 5.32 Å². The first kappa shape index (κ1) is 25.7. The average molecular weight is 504 g/mol. The van der Waals surface area contributed by atoms with Gasteiger partial charge in [0.2, 0.25) is 0 Å². The molecule has 2 saturated heterocycles. The topological polar surface area (TPSA) is 79.0 Å². The van der Waals surface area contributed by atoms with Crippen LogP contribution in [0.5, 0.6) is 0 Å². The van der Waals surface area contributed by atoms with E-state index in [0.29, 0.717) is 12.3 Å². The normalized spacial score (nSPS) is 20.9. The van der Waals surface area contributed by atoms with Crippen molar-refractivity contribution in [2.24, 2.45) is 0 Å². The lowest BCUT2D eigenvalue weighted by Gasteiger charge is -2.32. The Morgan fingerprint density at radius 3 is 2.31 bits per heavy atom. The number of hydrogen-bond acceptors (Lipinski definition) is 5. The molecule has 2 aliphatic heterocycles. The molecule has 0 radical (unpaired) electrons. The summed E-state index contributed by atoms with van der Waals surface area (Å²) in [5.74, 6) is -2.60. The molecule has 0 unspecified atom stereocenters. The van der Waals surface area contributed by atoms with Gasteiger partial charge >= 0.3 is 12.1 Å². The van der Waals surface area contributed by atoms with Crippen molar-refractivity contribution in [2.45, 2.75) is 44.2 Å². The van der Waals surface area contributed by atoms with Crippen LogP contribution >= 0.6 is 0 Å². The largest absolute Gasteiger partial charge is 0.435 e. The maximum Gasteiger partial charge on any atom is 0.419 e. The second-order valence-corrected chi connectivity index (χ2v) is 9.16. The number of halogens is 3. The molecule has 36 heavy (non-hydrogen) atoms. The van der Waals surface area contributed by atoms with Gasteiger partial charge in [0, 0.05) is 6.54 Å². The molecule has 0 bridgehead atoms. The molecule has 0 aromatic heterocycles. The highest BCUT2D eigenvalue weighted by Gasteiger charge is 2.48. The van der Waals surface area contributed by atoms with Gasteiger partial charge in [-0.15, -0.1) is 0 Å². The van der Waals surface area contributed by atoms with E-state index in [4.69, 9.17) is 4.74 Å². The summed E-state index contributed by atoms with van der Waals surface area (Å²) >= 11 is 0. The van der Waals surface area contributed by atoms with Crippen molar-refractivity contribution in [3.63, 3.8) is 0 Å². The summed E-state index contributed by atoms with van der Waals surface area (Å²) in [4.78, 5) is 40.3. The molecular formula is C26H28F3N3O4. The maximum atomic E-state index is 13.8. The van der Waals surface area contributed by atoms with E-state index < -0.39 is 41.7 Å². The van der Waals surface area contributed by atoms with E-state index in [0.717, 1.165) is 55.1 Å². The first-order valence-electron chi connectivity index (χ1n) is 12.0. The minimum absolute atomic E-state index is 0.0825. The summed E-state index contributed by atoms with van der Waals surface area (Å²) in [7, 11) is 0. The van der Waals surface area contributed by atoms with Gasteiger partial charge in [-0.25, -0.2) is 27.7 Å². The number of nitrogens with one attached hydrogen (secondary N) is 1. The van der Waals surface area contributed by atoms with E-state index in [9.17, 15) is 27.6 Å². The van der Waals surface area contributed by atoms with Gasteiger partial charge in [-0.1, -0.05) is 18.2 Å². The molecule has 10 heteroatoms. The number of Topliss-reactive ketones (excluding diaryl/α,β-unsaturated/α-hetero) is 1. The van der Waals surface area contributed by atoms with E-state index in [1.165, 1.54) is 25.1 Å². The van der Waals surface area contributed by atoms with Crippen molar-refractivity contribution >= 4 is 17.9 Å². The van der Waals surface area contributed by atoms with Gasteiger partial charge in [0.25, 0.3) is 0 Å². The van der Waals surface area contributed by atoms with Crippen LogP contribution in [0.1, 0.15) is 49.3 Å². The van der Waals surface area contributed by atoms with Crippen LogP contribution in [-0.2, 0) is 9.53 Å². The lowest BCUT2D eigenvalue weighted by atomic mass is 9.89. The Labute approximate surface area is 207 Å². The number of carbonyl (C=O) groups is 3. The molecule has 2 aromatic carbocycles. The summed E-state index contributed by atoms with van der Waals surface area (Å²) < 4.78 is 45.5. The fourth-order valence-electron chi connectivity index (χ4n) is 4.82. The molecule has 2 aliphatic rings. The number of urea groups is 1. The minimum Gasteiger partial charge on any atom is -0.435 e. The molecule has 0 saturated carbocycles. The van der Waals surface area contributed by atoms with E-state index in [-0.39, 0.29) is 17.9 Å². The monoisotopic (exact) mass is 503 g/mol. The Morgan fingerprint density at radius 1 is 1.00 bits per heavy atom. The van der Waals surface area contributed by atoms with E-state index >= 15 is 0 Å². The lowest BCUT2D eigenvalue weighted by molar-refractivity contribution is -0.124. The number of piperidine rings is 1. The highest BCUT2D eigenvalue weighted by Crippen LogP contribution is 2.34. The predicted octanol–water partition coefficient (Wildman–Crippen LogP) is 4.53. The summed E-state index contributed by atoms with van der Waals surface area (Å²) in [6.45, 7) is 3.98. The Balaban J connectivity index is 1.29. The Hall–Kier alpha value is -3.40. The van der Waals surface area contributed by atoms with E-state index in [2.05, 4.69) is 10.2 Å². The molecule has 0 spiro atoms. The van der Waals surface area contributed by atoms with Crippen molar-refractivity contribution in [2.75, 3.05) is 26.2 Å². The average Bonchev–Trinajstić information content (AvgIpc) is 3.22. The molecule has 0 aliphatic carbocycles. The van der Waals surface area contributed by atoms with Gasteiger partial charge in [-0.3, -0.25) is 4.79 Å². The standard InChI is InChI=1S/C26H28F3N3O4/c1-16(33)24-23(19-5-8-21(28)22(29)15-19)32(26(35)36-24)25(34)30-11-2-12-31-13-9-18(10-14-31)17-3-6-20(27)7-4-17/h3-8,15,18,23-24H,2,9-14H2,1H3,(H,30,34)/t23-,24-/m0/s1. The number of likely N-dealkylation sites (tertiary alicyclic amines) is 1. The van der Waals surface area contributed by atoms with Crippen LogP contribution in [0.15, 0.2) is 42.5 Å². The first-order valence-corrected chi connectivity index (χ1v) is 12.0. The number of benzene rings is 2. The maximum absolute atomic E-state index is 13.8. The molecule has 1 N–H and O–H groups in total. The van der Waals surface area contributed by atoms with Crippen LogP contribution in [0.3, 0.4) is 0 Å². The summed E-state index contributed by atoms with van der Waals surface area (Å²) in [5.41, 5.74) is 1.22. The van der Waals surface area contributed by atoms with Crippen molar-refractivity contribution < 1.29 is 32.3 Å². The summed E-state index contributed by atoms with van der Waals surface area (Å²) in [5, 5.41) is 2.66. The third-order valence-corrected chi connectivity index (χ3v) is 6.75. The third-order valence-electron chi connectivity index (χ3n) is 6.75. The zero-order valence-electron chi connectivity index (χ0n) is 19.9. The quantitative estimate of drug-likeness (QED) is 0.562. The van der Waals surface area contributed by atoms with Gasteiger partial charge < -0.3 is 15.0 Å². The van der Waals surface area contributed by atoms with Gasteiger partial charge in [-0.2, -0.15) is 0 Å². The number of amides is 3. The minimum atomic E-state index is -1.31. The number of imide groups is 1. The molecule has 2 fully saturated rings. The van der Waals surface area contributed by atoms with Crippen molar-refractivity contribution in [1.29, 1.82) is 0 Å². The Bertz CT molecular complexity index is 1120. The fraction of sp³-hybridized carbons (Fsp3) is 0.423. The Morgan fingerprint density at radius 2 is 1.67 bits per heavy atom. The van der Waals surface area contributed by atoms with Crippen LogP contribution in [0.2, 0.25) is 0 Å². The van der Waals surface area contributed by atoms with Crippen LogP contribution in [-0.4, -0.2) is 60.0 Å². The number of hydrogen-bond donors (Lipinski definition) is 1. The molecule has 7 nitrogen and oxygen atoms in total. The molecule has 192 valence electrons. The molecule has 3 amide bonds. The fourth-order valence-corrected chi connectivity index (χ4v) is 4.82. The van der Waals surface area contributed by atoms with Gasteiger partial charge in [-0.05, 0) is 87.1 Å². The molecule has 2 heterocycles. The Kier molecular flexibility index (Phi) is 7.93. The van der Waals surface area contributed by atoms with Crippen molar-refractivity contribution in [3.8, 4) is 0 Å². The van der Waals surface area contributed by atoms with Crippen LogP contribution in [0, 0.1) is 17.5 Å². The van der Waals surface area contributed by atoms with Crippen molar-refractivity contribution in [3.05, 3.63) is 71.0 Å². The first-order chi connectivity index (χ1) is 17.2. The zero-order valence-corrected chi connectivity index (χ0v) is 19.9. The number of carbonyl (C=O) groups excluding carboxylic acids is 3. The molecular weight excluding hydrogens is 475 g/mol. The van der Waals surface area contributed by atoms with Gasteiger partial charge in [0.05, 0.1) is 0 Å². The zero-order chi connectivity index (χ0) is 25.8. The van der Waals surface area contributed by atoms with Crippen LogP contribution in [0.4, 0.5) is 22.8 Å². The predicted molar refractivity (Wildman–Crippen MR) is 125 cm³/mol. The number of cyclic esters (lactones) is 1. The highest BCUT2D eigenvalue weighted by atomic mass is 19.2. The molecule has 2 atom stereocenters. The number of nitrogens with zero attached hydrogens (tertiary/aromatic N) is 2. The summed E-state index contributed by atoms with van der Waals surface area (Å²) in [6.07, 6.45) is 0.211.